The Morgan fingerprint density at radius 3 is 2.76 bits per heavy atom. The molecule has 0 aromatic heterocycles. The highest BCUT2D eigenvalue weighted by Crippen LogP contribution is 2.27. The van der Waals surface area contributed by atoms with Crippen LogP contribution >= 0.6 is 0 Å². The lowest BCUT2D eigenvalue weighted by Crippen LogP contribution is -2.14. The molecule has 6 nitrogen and oxygen atoms in total. The summed E-state index contributed by atoms with van der Waals surface area (Å²) < 4.78 is 0. The maximum absolute atomic E-state index is 10.8. The fourth-order valence-electron chi connectivity index (χ4n) is 1.57. The summed E-state index contributed by atoms with van der Waals surface area (Å²) in [7, 11) is 0. The van der Waals surface area contributed by atoms with Gasteiger partial charge < -0.3 is 10.8 Å². The van der Waals surface area contributed by atoms with Crippen LogP contribution in [0.2, 0.25) is 0 Å². The van der Waals surface area contributed by atoms with Gasteiger partial charge in [0.05, 0.1) is 4.92 Å². The Morgan fingerprint density at radius 1 is 1.59 bits per heavy atom. The van der Waals surface area contributed by atoms with Gasteiger partial charge in [0.2, 0.25) is 0 Å². The third-order valence-electron chi connectivity index (χ3n) is 2.45. The Bertz CT molecular complexity index is 445. The van der Waals surface area contributed by atoms with Crippen molar-refractivity contribution in [3.05, 3.63) is 39.4 Å². The molecule has 0 aliphatic carbocycles. The van der Waals surface area contributed by atoms with E-state index in [4.69, 9.17) is 10.8 Å². The van der Waals surface area contributed by atoms with Crippen molar-refractivity contribution >= 4 is 11.7 Å². The molecule has 1 aromatic rings. The van der Waals surface area contributed by atoms with Gasteiger partial charge in [-0.2, -0.15) is 0 Å². The number of hydrogen-bond acceptors (Lipinski definition) is 4. The monoisotopic (exact) mass is 238 g/mol. The zero-order valence-corrected chi connectivity index (χ0v) is 9.42. The molecule has 1 atom stereocenters. The molecule has 0 spiro atoms. The van der Waals surface area contributed by atoms with Gasteiger partial charge in [0, 0.05) is 24.1 Å². The summed E-state index contributed by atoms with van der Waals surface area (Å²) >= 11 is 0. The van der Waals surface area contributed by atoms with E-state index in [2.05, 4.69) is 0 Å². The number of carboxylic acids is 1. The molecule has 17 heavy (non-hydrogen) atoms. The number of nitrogens with zero attached hydrogens (tertiary/aromatic N) is 1. The molecule has 92 valence electrons. The number of carbonyl (C=O) groups is 1. The minimum Gasteiger partial charge on any atom is -0.481 e. The zero-order chi connectivity index (χ0) is 13.0. The highest BCUT2D eigenvalue weighted by molar-refractivity contribution is 5.66. The van der Waals surface area contributed by atoms with Crippen LogP contribution in [0.4, 0.5) is 5.69 Å². The third kappa shape index (κ3) is 3.53. The highest BCUT2D eigenvalue weighted by atomic mass is 16.6. The molecule has 0 radical (unpaired) electrons. The van der Waals surface area contributed by atoms with E-state index in [1.807, 2.05) is 0 Å². The Hall–Kier alpha value is -1.95. The van der Waals surface area contributed by atoms with Crippen LogP contribution in [0, 0.1) is 17.0 Å². The summed E-state index contributed by atoms with van der Waals surface area (Å²) in [6.45, 7) is 1.80. The minimum absolute atomic E-state index is 0.0616. The predicted octanol–water partition coefficient (Wildman–Crippen LogP) is 1.77. The van der Waals surface area contributed by atoms with E-state index in [1.54, 1.807) is 19.1 Å². The number of hydrogen-bond donors (Lipinski definition) is 2. The molecule has 0 aliphatic heterocycles. The lowest BCUT2D eigenvalue weighted by Gasteiger charge is -2.11. The van der Waals surface area contributed by atoms with Crippen molar-refractivity contribution in [1.29, 1.82) is 0 Å². The van der Waals surface area contributed by atoms with Crippen LogP contribution in [0.5, 0.6) is 0 Å². The Balaban J connectivity index is 2.97. The zero-order valence-electron chi connectivity index (χ0n) is 9.42. The first-order valence-corrected chi connectivity index (χ1v) is 5.14. The quantitative estimate of drug-likeness (QED) is 0.600. The Labute approximate surface area is 98.2 Å². The van der Waals surface area contributed by atoms with Crippen molar-refractivity contribution in [1.82, 2.24) is 0 Å². The smallest absolute Gasteiger partial charge is 0.303 e. The van der Waals surface area contributed by atoms with Crippen LogP contribution in [0.25, 0.3) is 0 Å². The van der Waals surface area contributed by atoms with E-state index in [1.165, 1.54) is 6.07 Å². The fraction of sp³-hybridized carbons (Fsp3) is 0.364. The van der Waals surface area contributed by atoms with Crippen LogP contribution in [-0.4, -0.2) is 16.0 Å². The number of aliphatic carboxylic acids is 1. The van der Waals surface area contributed by atoms with Gasteiger partial charge in [-0.3, -0.25) is 14.9 Å². The maximum atomic E-state index is 10.8. The van der Waals surface area contributed by atoms with Gasteiger partial charge in [-0.15, -0.1) is 0 Å². The topological polar surface area (TPSA) is 106 Å². The number of nitro benzene ring substituents is 1. The summed E-state index contributed by atoms with van der Waals surface area (Å²) in [6, 6.07) is 4.02. The first-order valence-electron chi connectivity index (χ1n) is 5.14. The van der Waals surface area contributed by atoms with E-state index >= 15 is 0 Å². The van der Waals surface area contributed by atoms with E-state index < -0.39 is 16.9 Å². The number of benzene rings is 1. The molecular weight excluding hydrogens is 224 g/mol. The first kappa shape index (κ1) is 13.1. The van der Waals surface area contributed by atoms with E-state index in [9.17, 15) is 14.9 Å². The van der Waals surface area contributed by atoms with Gasteiger partial charge in [0.25, 0.3) is 5.69 Å². The maximum Gasteiger partial charge on any atom is 0.303 e. The molecule has 3 N–H and O–H groups in total. The molecule has 1 unspecified atom stereocenters. The third-order valence-corrected chi connectivity index (χ3v) is 2.45. The van der Waals surface area contributed by atoms with Gasteiger partial charge in [-0.1, -0.05) is 11.6 Å². The van der Waals surface area contributed by atoms with Crippen molar-refractivity contribution in [2.45, 2.75) is 25.8 Å². The van der Waals surface area contributed by atoms with E-state index in [0.29, 0.717) is 5.56 Å². The predicted molar refractivity (Wildman–Crippen MR) is 61.6 cm³/mol. The number of rotatable bonds is 5. The van der Waals surface area contributed by atoms with Crippen LogP contribution in [0.3, 0.4) is 0 Å². The second kappa shape index (κ2) is 5.40. The molecule has 0 saturated heterocycles. The molecular formula is C11H14N2O4. The number of carboxylic acid groups (broad SMARTS) is 1. The molecule has 0 fully saturated rings. The second-order valence-corrected chi connectivity index (χ2v) is 3.86. The van der Waals surface area contributed by atoms with Crippen LogP contribution in [0.1, 0.15) is 30.0 Å². The normalized spacial score (nSPS) is 12.1. The highest BCUT2D eigenvalue weighted by Gasteiger charge is 2.19. The number of nitrogens with two attached hydrogens (primary N) is 1. The number of nitro groups is 1. The molecule has 0 amide bonds. The molecule has 0 aliphatic rings. The summed E-state index contributed by atoms with van der Waals surface area (Å²) in [4.78, 5) is 20.7. The lowest BCUT2D eigenvalue weighted by molar-refractivity contribution is -0.385. The average Bonchev–Trinajstić information content (AvgIpc) is 2.25. The van der Waals surface area contributed by atoms with Crippen molar-refractivity contribution in [3.63, 3.8) is 0 Å². The summed E-state index contributed by atoms with van der Waals surface area (Å²) in [5.41, 5.74) is 6.96. The van der Waals surface area contributed by atoms with Gasteiger partial charge in [-0.25, -0.2) is 0 Å². The van der Waals surface area contributed by atoms with Crippen LogP contribution in [0.15, 0.2) is 18.2 Å². The molecule has 0 saturated carbocycles. The van der Waals surface area contributed by atoms with Crippen molar-refractivity contribution in [3.8, 4) is 0 Å². The van der Waals surface area contributed by atoms with Crippen LogP contribution in [-0.2, 0) is 4.79 Å². The van der Waals surface area contributed by atoms with Crippen molar-refractivity contribution < 1.29 is 14.8 Å². The fourth-order valence-corrected chi connectivity index (χ4v) is 1.57. The molecule has 0 bridgehead atoms. The molecule has 6 heteroatoms. The minimum atomic E-state index is -0.962. The standard InChI is InChI=1S/C11H14N2O4/c1-7-2-4-10(13(16)17)8(6-7)9(12)3-5-11(14)15/h2,4,6,9H,3,5,12H2,1H3,(H,14,15). The van der Waals surface area contributed by atoms with E-state index in [-0.39, 0.29) is 18.5 Å². The largest absolute Gasteiger partial charge is 0.481 e. The second-order valence-electron chi connectivity index (χ2n) is 3.86. The van der Waals surface area contributed by atoms with Crippen molar-refractivity contribution in [2.24, 2.45) is 5.73 Å². The summed E-state index contributed by atoms with van der Waals surface area (Å²) in [5, 5.41) is 19.4. The SMILES string of the molecule is Cc1ccc([N+](=O)[O-])c(C(N)CCC(=O)O)c1. The van der Waals surface area contributed by atoms with Gasteiger partial charge >= 0.3 is 5.97 Å². The number of aryl methyl sites for hydroxylation is 1. The van der Waals surface area contributed by atoms with Gasteiger partial charge in [-0.05, 0) is 19.4 Å². The molecule has 0 heterocycles. The van der Waals surface area contributed by atoms with Crippen molar-refractivity contribution in [2.75, 3.05) is 0 Å². The molecule has 1 rings (SSSR count). The Kier molecular flexibility index (Phi) is 4.17. The van der Waals surface area contributed by atoms with Gasteiger partial charge in [0.1, 0.15) is 0 Å². The average molecular weight is 238 g/mol. The van der Waals surface area contributed by atoms with E-state index in [0.717, 1.165) is 5.56 Å². The lowest BCUT2D eigenvalue weighted by atomic mass is 9.99. The summed E-state index contributed by atoms with van der Waals surface area (Å²) in [5.74, 6) is -0.962. The van der Waals surface area contributed by atoms with Gasteiger partial charge in [0.15, 0.2) is 0 Å². The summed E-state index contributed by atoms with van der Waals surface area (Å²) in [6.07, 6.45) is 0.0753. The van der Waals surface area contributed by atoms with Crippen LogP contribution < -0.4 is 5.73 Å². The first-order chi connectivity index (χ1) is 7.91. The molecule has 1 aromatic carbocycles. The Morgan fingerprint density at radius 2 is 2.24 bits per heavy atom.